The molecular weight excluding hydrogens is 537 g/mol. The third-order valence-electron chi connectivity index (χ3n) is 4.62. The van der Waals surface area contributed by atoms with E-state index in [1.165, 1.54) is 0 Å². The summed E-state index contributed by atoms with van der Waals surface area (Å²) in [5.41, 5.74) is 1.98. The Morgan fingerprint density at radius 1 is 0.935 bits per heavy atom. The van der Waals surface area contributed by atoms with Crippen LogP contribution in [0.3, 0.4) is 0 Å². The van der Waals surface area contributed by atoms with Gasteiger partial charge in [0, 0.05) is 35.4 Å². The molecule has 1 aromatic carbocycles. The lowest BCUT2D eigenvalue weighted by Crippen LogP contribution is -2.88. The highest BCUT2D eigenvalue weighted by Crippen LogP contribution is 2.35. The Morgan fingerprint density at radius 2 is 1.52 bits per heavy atom. The molecule has 5 nitrogen and oxygen atoms in total. The van der Waals surface area contributed by atoms with Crippen molar-refractivity contribution in [2.24, 2.45) is 0 Å². The third-order valence-corrected chi connectivity index (χ3v) is 81.6. The van der Waals surface area contributed by atoms with Crippen LogP contribution in [-0.2, 0) is 19.7 Å². The summed E-state index contributed by atoms with van der Waals surface area (Å²) in [5, 5.41) is 0. The van der Waals surface area contributed by atoms with E-state index in [1.807, 2.05) is 19.1 Å². The van der Waals surface area contributed by atoms with Crippen molar-refractivity contribution < 1.29 is 22.8 Å². The number of terminal acetylenes is 3. The smallest absolute Gasteiger partial charge is 0.512 e. The highest BCUT2D eigenvalue weighted by Gasteiger charge is 2.69. The van der Waals surface area contributed by atoms with Gasteiger partial charge < -0.3 is 22.8 Å². The fourth-order valence-corrected chi connectivity index (χ4v) is 93.5. The second kappa shape index (κ2) is 11.6. The molecule has 31 heavy (non-hydrogen) atoms. The number of ether oxygens (including phenoxy) is 2. The van der Waals surface area contributed by atoms with Gasteiger partial charge in [-0.15, -0.1) is 0 Å². The van der Waals surface area contributed by atoms with E-state index in [2.05, 4.69) is 67.1 Å². The Morgan fingerprint density at radius 3 is 1.94 bits per heavy atom. The summed E-state index contributed by atoms with van der Waals surface area (Å²) in [6.07, 6.45) is 21.3. The van der Waals surface area contributed by atoms with Crippen molar-refractivity contribution in [3.8, 4) is 49.1 Å². The monoisotopic (exact) mass is 554 g/mol. The van der Waals surface area contributed by atoms with Gasteiger partial charge >= 0.3 is 8.80 Å². The van der Waals surface area contributed by atoms with Crippen LogP contribution in [0.4, 0.5) is 0 Å². The third kappa shape index (κ3) is 6.01. The van der Waals surface area contributed by atoms with E-state index in [9.17, 15) is 0 Å². The van der Waals surface area contributed by atoms with Gasteiger partial charge in [0.1, 0.15) is 0 Å². The van der Waals surface area contributed by atoms with Crippen LogP contribution in [0.1, 0.15) is 11.1 Å². The van der Waals surface area contributed by atoms with Crippen LogP contribution in [-0.4, -0.2) is 91.5 Å². The maximum absolute atomic E-state index is 5.77. The van der Waals surface area contributed by atoms with Gasteiger partial charge in [-0.2, -0.15) is 0 Å². The number of benzene rings is 1. The predicted molar refractivity (Wildman–Crippen MR) is 134 cm³/mol. The molecule has 0 aliphatic carbocycles. The standard InChI is InChI=1S/C17H18O5Si9/c1-7-20-28(21-8-2)29(31(25,26)27,30(23,24)22-9-3)11-10-15-12-14(4)17(19-6)16(13-15)18-5/h1-3,12-13H,10-11H2,4-6H3. The number of hydrogen-bond acceptors (Lipinski definition) is 5. The maximum Gasteiger partial charge on any atom is 0.512 e. The van der Waals surface area contributed by atoms with E-state index in [-0.39, 0.29) is 0 Å². The van der Waals surface area contributed by atoms with Crippen molar-refractivity contribution in [1.82, 2.24) is 0 Å². The van der Waals surface area contributed by atoms with Crippen LogP contribution in [0.25, 0.3) is 0 Å². The zero-order valence-corrected chi connectivity index (χ0v) is 26.3. The first-order chi connectivity index (χ1) is 14.4. The highest BCUT2D eigenvalue weighted by atomic mass is 30.4. The van der Waals surface area contributed by atoms with E-state index in [0.717, 1.165) is 11.1 Å². The molecule has 0 saturated carbocycles. The minimum absolute atomic E-state index is 0.614. The summed E-state index contributed by atoms with van der Waals surface area (Å²) in [4.78, 5) is 0. The van der Waals surface area contributed by atoms with Crippen molar-refractivity contribution in [2.45, 2.75) is 19.4 Å². The number of methoxy groups -OCH3 is 2. The quantitative estimate of drug-likeness (QED) is 0.267. The van der Waals surface area contributed by atoms with Crippen LogP contribution in [0.2, 0.25) is 6.04 Å². The van der Waals surface area contributed by atoms with Gasteiger partial charge in [-0.1, -0.05) is 31.4 Å². The molecule has 0 bridgehead atoms. The fraction of sp³-hybridized carbons (Fsp3) is 0.294. The van der Waals surface area contributed by atoms with Gasteiger partial charge in [0.2, 0.25) is 6.87 Å². The maximum atomic E-state index is 5.77. The summed E-state index contributed by atoms with van der Waals surface area (Å²) in [7, 11) is 20.3. The first-order valence-electron chi connectivity index (χ1n) is 8.68. The van der Waals surface area contributed by atoms with Crippen molar-refractivity contribution in [1.29, 1.82) is 0 Å². The van der Waals surface area contributed by atoms with Crippen LogP contribution < -0.4 is 9.47 Å². The Labute approximate surface area is 205 Å². The van der Waals surface area contributed by atoms with Crippen LogP contribution in [0.5, 0.6) is 11.5 Å². The van der Waals surface area contributed by atoms with E-state index in [4.69, 9.17) is 42.0 Å². The van der Waals surface area contributed by atoms with Gasteiger partial charge in [0.05, 0.1) is 52.1 Å². The van der Waals surface area contributed by atoms with Gasteiger partial charge in [-0.25, -0.2) is 0 Å². The number of aryl methyl sites for hydroxylation is 2. The van der Waals surface area contributed by atoms with Gasteiger partial charge in [-0.3, -0.25) is 0 Å². The topological polar surface area (TPSA) is 46.2 Å². The molecule has 0 spiro atoms. The molecule has 0 N–H and O–H groups in total. The molecule has 0 aliphatic heterocycles. The lowest BCUT2D eigenvalue weighted by molar-refractivity contribution is 0.352. The lowest BCUT2D eigenvalue weighted by atomic mass is 10.1. The first kappa shape index (κ1) is 27.9. The summed E-state index contributed by atoms with van der Waals surface area (Å²) >= 11 is 0. The molecule has 0 aromatic heterocycles. The molecule has 0 heterocycles. The molecule has 16 radical (unpaired) electrons. The molecule has 1 atom stereocenters. The average molecular weight is 555 g/mol. The molecule has 0 aliphatic rings. The van der Waals surface area contributed by atoms with Crippen molar-refractivity contribution >= 4 is 77.2 Å². The second-order valence-corrected chi connectivity index (χ2v) is 55.0. The first-order valence-corrected chi connectivity index (χ1v) is 26.6. The molecule has 14 heteroatoms. The summed E-state index contributed by atoms with van der Waals surface area (Å²) in [5.74, 6) is 1.34. The molecule has 0 saturated heterocycles. The number of hydrogen-bond donors (Lipinski definition) is 0. The van der Waals surface area contributed by atoms with Crippen molar-refractivity contribution in [3.63, 3.8) is 0 Å². The van der Waals surface area contributed by atoms with Crippen LogP contribution in [0.15, 0.2) is 12.1 Å². The Kier molecular flexibility index (Phi) is 10.5. The molecule has 152 valence electrons. The van der Waals surface area contributed by atoms with E-state index in [0.29, 0.717) is 24.0 Å². The zero-order valence-electron chi connectivity index (χ0n) is 17.3. The van der Waals surface area contributed by atoms with Crippen LogP contribution in [0, 0.1) is 44.5 Å². The molecular formula is C17H18O5Si9. The summed E-state index contributed by atoms with van der Waals surface area (Å²) in [6.45, 7) is -3.91. The molecule has 0 fully saturated rings. The normalized spacial score (nSPS) is 13.2. The molecule has 1 aromatic rings. The Hall–Kier alpha value is -1.15. The highest BCUT2D eigenvalue weighted by molar-refractivity contribution is 8.11. The minimum atomic E-state index is -2.99. The molecule has 1 unspecified atom stereocenters. The van der Waals surface area contributed by atoms with Crippen LogP contribution >= 0.6 is 0 Å². The SMILES string of the molecule is C#CO[Si](OC#C)[Si](CCc1cc(C)c(OC)c(OC)c1)([Si]([Si])([Si])[Si])[Si]([Si])([Si])OC#C. The average Bonchev–Trinajstić information content (AvgIpc) is 2.66. The Balaban J connectivity index is 3.62. The Bertz CT molecular complexity index is 881. The molecule has 0 amide bonds. The number of rotatable bonds is 11. The van der Waals surface area contributed by atoms with E-state index in [1.54, 1.807) is 14.2 Å². The summed E-state index contributed by atoms with van der Waals surface area (Å²) < 4.78 is 28.0. The summed E-state index contributed by atoms with van der Waals surface area (Å²) in [6, 6.07) is 4.59. The second-order valence-electron chi connectivity index (χ2n) is 6.43. The van der Waals surface area contributed by atoms with Crippen molar-refractivity contribution in [2.75, 3.05) is 14.2 Å². The fourth-order valence-electron chi connectivity index (χ4n) is 3.21. The zero-order chi connectivity index (χ0) is 23.9. The molecule has 1 rings (SSSR count). The largest absolute Gasteiger partial charge is 0.514 e. The minimum Gasteiger partial charge on any atom is -0.514 e. The van der Waals surface area contributed by atoms with Gasteiger partial charge in [-0.05, 0) is 30.5 Å². The van der Waals surface area contributed by atoms with Gasteiger partial charge in [0.15, 0.2) is 18.1 Å². The van der Waals surface area contributed by atoms with E-state index < -0.39 is 28.4 Å². The van der Waals surface area contributed by atoms with Crippen molar-refractivity contribution in [3.05, 3.63) is 23.3 Å². The van der Waals surface area contributed by atoms with Gasteiger partial charge in [0.25, 0.3) is 0 Å². The lowest BCUT2D eigenvalue weighted by Gasteiger charge is -2.48. The van der Waals surface area contributed by atoms with E-state index >= 15 is 0 Å². The predicted octanol–water partition coefficient (Wildman–Crippen LogP) is -0.731.